The first-order valence-electron chi connectivity index (χ1n) is 6.75. The molecule has 0 bridgehead atoms. The number of aryl methyl sites for hydroxylation is 3. The van der Waals surface area contributed by atoms with Crippen LogP contribution in [0.25, 0.3) is 0 Å². The molecule has 4 heteroatoms. The van der Waals surface area contributed by atoms with Crippen molar-refractivity contribution in [2.75, 3.05) is 5.32 Å². The third-order valence-corrected chi connectivity index (χ3v) is 3.52. The molecule has 112 valence electrons. The van der Waals surface area contributed by atoms with Crippen molar-refractivity contribution in [1.29, 1.82) is 0 Å². The highest BCUT2D eigenvalue weighted by molar-refractivity contribution is 5.50. The van der Waals surface area contributed by atoms with Gasteiger partial charge < -0.3 is 5.32 Å². The molecule has 1 N–H and O–H groups in total. The molecule has 0 aliphatic carbocycles. The van der Waals surface area contributed by atoms with Gasteiger partial charge in [-0.1, -0.05) is 29.8 Å². The lowest BCUT2D eigenvalue weighted by Crippen LogP contribution is -2.09. The highest BCUT2D eigenvalue weighted by Gasteiger charge is 2.32. The average Bonchev–Trinajstić information content (AvgIpc) is 2.38. The Morgan fingerprint density at radius 1 is 0.905 bits per heavy atom. The number of rotatable bonds is 3. The van der Waals surface area contributed by atoms with Gasteiger partial charge in [0.05, 0.1) is 5.56 Å². The molecule has 0 aliphatic heterocycles. The van der Waals surface area contributed by atoms with E-state index in [1.54, 1.807) is 6.07 Å². The number of hydrogen-bond acceptors (Lipinski definition) is 1. The lowest BCUT2D eigenvalue weighted by atomic mass is 10.0. The van der Waals surface area contributed by atoms with Gasteiger partial charge in [-0.05, 0) is 49.6 Å². The van der Waals surface area contributed by atoms with Crippen molar-refractivity contribution in [3.8, 4) is 0 Å². The zero-order valence-corrected chi connectivity index (χ0v) is 12.3. The van der Waals surface area contributed by atoms with Gasteiger partial charge in [0.25, 0.3) is 0 Å². The van der Waals surface area contributed by atoms with Gasteiger partial charge >= 0.3 is 6.18 Å². The smallest absolute Gasteiger partial charge is 0.381 e. The van der Waals surface area contributed by atoms with Crippen molar-refractivity contribution in [3.63, 3.8) is 0 Å². The maximum atomic E-state index is 12.9. The predicted molar refractivity (Wildman–Crippen MR) is 79.4 cm³/mol. The van der Waals surface area contributed by atoms with Gasteiger partial charge in [0, 0.05) is 12.2 Å². The van der Waals surface area contributed by atoms with Crippen molar-refractivity contribution in [3.05, 3.63) is 64.2 Å². The van der Waals surface area contributed by atoms with Crippen LogP contribution in [0.3, 0.4) is 0 Å². The van der Waals surface area contributed by atoms with Crippen LogP contribution >= 0.6 is 0 Å². The van der Waals surface area contributed by atoms with Crippen molar-refractivity contribution in [1.82, 2.24) is 0 Å². The van der Waals surface area contributed by atoms with Gasteiger partial charge in [-0.15, -0.1) is 0 Å². The van der Waals surface area contributed by atoms with E-state index in [2.05, 4.69) is 11.4 Å². The lowest BCUT2D eigenvalue weighted by Gasteiger charge is -2.14. The SMILES string of the molecule is Cc1ccc(CNc2ccc(C)c(C(F)(F)F)c2)c(C)c1. The predicted octanol–water partition coefficient (Wildman–Crippen LogP) is 5.24. The highest BCUT2D eigenvalue weighted by Crippen LogP contribution is 2.33. The topological polar surface area (TPSA) is 12.0 Å². The third-order valence-electron chi connectivity index (χ3n) is 3.52. The molecule has 21 heavy (non-hydrogen) atoms. The van der Waals surface area contributed by atoms with Crippen LogP contribution in [-0.4, -0.2) is 0 Å². The molecule has 0 aliphatic rings. The molecule has 0 saturated heterocycles. The standard InChI is InChI=1S/C17H18F3N/c1-11-4-6-14(13(3)8-11)10-21-15-7-5-12(2)16(9-15)17(18,19)20/h4-9,21H,10H2,1-3H3. The largest absolute Gasteiger partial charge is 0.416 e. The van der Waals surface area contributed by atoms with E-state index < -0.39 is 11.7 Å². The normalized spacial score (nSPS) is 11.5. The second-order valence-electron chi connectivity index (χ2n) is 5.31. The number of nitrogens with one attached hydrogen (secondary N) is 1. The zero-order chi connectivity index (χ0) is 15.6. The van der Waals surface area contributed by atoms with E-state index in [0.29, 0.717) is 12.2 Å². The molecule has 0 fully saturated rings. The lowest BCUT2D eigenvalue weighted by molar-refractivity contribution is -0.138. The van der Waals surface area contributed by atoms with E-state index in [4.69, 9.17) is 0 Å². The Kier molecular flexibility index (Phi) is 4.26. The number of alkyl halides is 3. The van der Waals surface area contributed by atoms with Crippen LogP contribution < -0.4 is 5.32 Å². The molecule has 2 aromatic rings. The minimum Gasteiger partial charge on any atom is -0.381 e. The molecule has 0 radical (unpaired) electrons. The summed E-state index contributed by atoms with van der Waals surface area (Å²) < 4.78 is 38.6. The van der Waals surface area contributed by atoms with Crippen molar-refractivity contribution in [2.24, 2.45) is 0 Å². The minimum atomic E-state index is -4.32. The number of benzene rings is 2. The molecule has 0 atom stereocenters. The van der Waals surface area contributed by atoms with E-state index in [0.717, 1.165) is 11.1 Å². The van der Waals surface area contributed by atoms with E-state index in [9.17, 15) is 13.2 Å². The first kappa shape index (κ1) is 15.4. The molecule has 0 amide bonds. The van der Waals surface area contributed by atoms with Crippen LogP contribution in [0.1, 0.15) is 27.8 Å². The molecule has 0 aromatic heterocycles. The fraction of sp³-hybridized carbons (Fsp3) is 0.294. The average molecular weight is 293 g/mol. The molecule has 2 rings (SSSR count). The van der Waals surface area contributed by atoms with Gasteiger partial charge in [0.2, 0.25) is 0 Å². The Morgan fingerprint density at radius 2 is 1.62 bits per heavy atom. The molecule has 2 aromatic carbocycles. The summed E-state index contributed by atoms with van der Waals surface area (Å²) in [7, 11) is 0. The summed E-state index contributed by atoms with van der Waals surface area (Å²) in [5, 5.41) is 3.06. The molecule has 0 unspecified atom stereocenters. The molecule has 1 nitrogen and oxygen atoms in total. The van der Waals surface area contributed by atoms with Crippen LogP contribution in [0.5, 0.6) is 0 Å². The maximum absolute atomic E-state index is 12.9. The van der Waals surface area contributed by atoms with Crippen LogP contribution in [0, 0.1) is 20.8 Å². The Hall–Kier alpha value is -1.97. The van der Waals surface area contributed by atoms with Crippen LogP contribution in [0.15, 0.2) is 36.4 Å². The first-order valence-corrected chi connectivity index (χ1v) is 6.75. The Labute approximate surface area is 122 Å². The fourth-order valence-electron chi connectivity index (χ4n) is 2.28. The summed E-state index contributed by atoms with van der Waals surface area (Å²) in [6.07, 6.45) is -4.32. The fourth-order valence-corrected chi connectivity index (χ4v) is 2.28. The van der Waals surface area contributed by atoms with Crippen LogP contribution in [0.2, 0.25) is 0 Å². The van der Waals surface area contributed by atoms with Crippen molar-refractivity contribution in [2.45, 2.75) is 33.5 Å². The van der Waals surface area contributed by atoms with Crippen molar-refractivity contribution < 1.29 is 13.2 Å². The first-order chi connectivity index (χ1) is 9.77. The number of hydrogen-bond donors (Lipinski definition) is 1. The Balaban J connectivity index is 2.17. The maximum Gasteiger partial charge on any atom is 0.416 e. The Morgan fingerprint density at radius 3 is 2.24 bits per heavy atom. The molecular formula is C17H18F3N. The number of anilines is 1. The second kappa shape index (κ2) is 5.80. The molecule has 0 saturated carbocycles. The molecule has 0 spiro atoms. The third kappa shape index (κ3) is 3.78. The van der Waals surface area contributed by atoms with E-state index in [-0.39, 0.29) is 5.56 Å². The van der Waals surface area contributed by atoms with E-state index >= 15 is 0 Å². The number of halogens is 3. The van der Waals surface area contributed by atoms with Crippen LogP contribution in [-0.2, 0) is 12.7 Å². The zero-order valence-electron chi connectivity index (χ0n) is 12.3. The highest BCUT2D eigenvalue weighted by atomic mass is 19.4. The summed E-state index contributed by atoms with van der Waals surface area (Å²) in [6, 6.07) is 10.4. The van der Waals surface area contributed by atoms with Gasteiger partial charge in [-0.2, -0.15) is 13.2 Å². The molecule has 0 heterocycles. The van der Waals surface area contributed by atoms with Gasteiger partial charge in [-0.25, -0.2) is 0 Å². The summed E-state index contributed by atoms with van der Waals surface area (Å²) in [4.78, 5) is 0. The molecular weight excluding hydrogens is 275 g/mol. The van der Waals surface area contributed by atoms with Gasteiger partial charge in [0.1, 0.15) is 0 Å². The van der Waals surface area contributed by atoms with E-state index in [1.165, 1.54) is 24.6 Å². The van der Waals surface area contributed by atoms with Crippen LogP contribution in [0.4, 0.5) is 18.9 Å². The second-order valence-corrected chi connectivity index (χ2v) is 5.31. The van der Waals surface area contributed by atoms with E-state index in [1.807, 2.05) is 26.0 Å². The van der Waals surface area contributed by atoms with Crippen molar-refractivity contribution >= 4 is 5.69 Å². The monoisotopic (exact) mass is 293 g/mol. The van der Waals surface area contributed by atoms with Gasteiger partial charge in [-0.3, -0.25) is 0 Å². The summed E-state index contributed by atoms with van der Waals surface area (Å²) >= 11 is 0. The summed E-state index contributed by atoms with van der Waals surface area (Å²) in [5.41, 5.74) is 3.51. The van der Waals surface area contributed by atoms with Gasteiger partial charge in [0.15, 0.2) is 0 Å². The summed E-state index contributed by atoms with van der Waals surface area (Å²) in [6.45, 7) is 5.99. The summed E-state index contributed by atoms with van der Waals surface area (Å²) in [5.74, 6) is 0. The Bertz CT molecular complexity index is 645. The quantitative estimate of drug-likeness (QED) is 0.815. The minimum absolute atomic E-state index is 0.236.